The smallest absolute Gasteiger partial charge is 0.289 e. The van der Waals surface area contributed by atoms with Crippen LogP contribution in [0.15, 0.2) is 34.7 Å². The van der Waals surface area contributed by atoms with E-state index in [-0.39, 0.29) is 5.91 Å². The number of benzene rings is 1. The van der Waals surface area contributed by atoms with Gasteiger partial charge in [-0.2, -0.15) is 0 Å². The summed E-state index contributed by atoms with van der Waals surface area (Å²) >= 11 is 0. The van der Waals surface area contributed by atoms with E-state index in [0.717, 1.165) is 43.5 Å². The van der Waals surface area contributed by atoms with Crippen molar-refractivity contribution in [2.75, 3.05) is 26.7 Å². The average molecular weight is 368 g/mol. The summed E-state index contributed by atoms with van der Waals surface area (Å²) in [4.78, 5) is 17.2. The first-order chi connectivity index (χ1) is 13.1. The molecule has 0 atom stereocenters. The zero-order chi connectivity index (χ0) is 18.8. The predicted molar refractivity (Wildman–Crippen MR) is 104 cm³/mol. The van der Waals surface area contributed by atoms with Crippen LogP contribution in [0.5, 0.6) is 5.75 Å². The highest BCUT2D eigenvalue weighted by atomic mass is 16.5. The van der Waals surface area contributed by atoms with E-state index in [0.29, 0.717) is 18.8 Å². The van der Waals surface area contributed by atoms with Crippen LogP contribution in [0.25, 0.3) is 0 Å². The Bertz CT molecular complexity index is 806. The van der Waals surface area contributed by atoms with Crippen molar-refractivity contribution in [1.82, 2.24) is 9.80 Å². The molecule has 1 aromatic heterocycles. The summed E-state index contributed by atoms with van der Waals surface area (Å²) in [6.07, 6.45) is 3.33. The van der Waals surface area contributed by atoms with Crippen molar-refractivity contribution < 1.29 is 13.9 Å². The highest BCUT2D eigenvalue weighted by molar-refractivity contribution is 5.91. The molecule has 0 unspecified atom stereocenters. The Hall–Kier alpha value is -2.27. The molecule has 1 amide bonds. The lowest BCUT2D eigenvalue weighted by atomic mass is 9.99. The van der Waals surface area contributed by atoms with E-state index in [9.17, 15) is 4.79 Å². The molecule has 2 aliphatic rings. The summed E-state index contributed by atoms with van der Waals surface area (Å²) in [5.74, 6) is 3.01. The van der Waals surface area contributed by atoms with E-state index in [1.807, 2.05) is 23.1 Å². The number of furan rings is 1. The van der Waals surface area contributed by atoms with Gasteiger partial charge in [-0.15, -0.1) is 0 Å². The molecule has 3 heterocycles. The zero-order valence-corrected chi connectivity index (χ0v) is 16.2. The number of hydrogen-bond donors (Lipinski definition) is 0. The summed E-state index contributed by atoms with van der Waals surface area (Å²) in [5, 5.41) is 0. The van der Waals surface area contributed by atoms with Gasteiger partial charge in [-0.1, -0.05) is 13.0 Å². The highest BCUT2D eigenvalue weighted by Gasteiger charge is 2.25. The first kappa shape index (κ1) is 18.1. The van der Waals surface area contributed by atoms with Crippen LogP contribution in [0.1, 0.15) is 47.2 Å². The van der Waals surface area contributed by atoms with E-state index < -0.39 is 0 Å². The second-order valence-electron chi connectivity index (χ2n) is 7.84. The quantitative estimate of drug-likeness (QED) is 0.825. The normalized spacial score (nSPS) is 18.4. The van der Waals surface area contributed by atoms with Gasteiger partial charge in [0, 0.05) is 13.1 Å². The number of likely N-dealkylation sites (tertiary alicyclic amines) is 1. The topological polar surface area (TPSA) is 45.9 Å². The number of fused-ring (bicyclic) bond motifs is 1. The minimum Gasteiger partial charge on any atom is -0.497 e. The molecule has 0 bridgehead atoms. The van der Waals surface area contributed by atoms with Crippen molar-refractivity contribution in [2.24, 2.45) is 5.92 Å². The van der Waals surface area contributed by atoms with Crippen LogP contribution in [0.4, 0.5) is 0 Å². The third-order valence-corrected chi connectivity index (χ3v) is 5.84. The maximum absolute atomic E-state index is 12.9. The lowest BCUT2D eigenvalue weighted by molar-refractivity contribution is 0.0697. The minimum absolute atomic E-state index is 0.0185. The number of nitrogens with zero attached hydrogens (tertiary/aromatic N) is 2. The van der Waals surface area contributed by atoms with Crippen molar-refractivity contribution in [2.45, 2.75) is 39.3 Å². The van der Waals surface area contributed by atoms with Crippen molar-refractivity contribution >= 4 is 5.91 Å². The van der Waals surface area contributed by atoms with Crippen LogP contribution in [-0.2, 0) is 19.5 Å². The fourth-order valence-corrected chi connectivity index (χ4v) is 4.00. The molecule has 1 fully saturated rings. The summed E-state index contributed by atoms with van der Waals surface area (Å²) in [6.45, 7) is 6.66. The van der Waals surface area contributed by atoms with Gasteiger partial charge in [0.15, 0.2) is 5.76 Å². The molecule has 0 radical (unpaired) electrons. The molecular formula is C22H28N2O3. The molecular weight excluding hydrogens is 340 g/mol. The van der Waals surface area contributed by atoms with Crippen LogP contribution < -0.4 is 4.74 Å². The molecule has 27 heavy (non-hydrogen) atoms. The summed E-state index contributed by atoms with van der Waals surface area (Å²) < 4.78 is 11.2. The third kappa shape index (κ3) is 4.03. The molecule has 0 spiro atoms. The van der Waals surface area contributed by atoms with Gasteiger partial charge in [0.05, 0.1) is 13.7 Å². The first-order valence-corrected chi connectivity index (χ1v) is 9.88. The molecule has 4 rings (SSSR count). The van der Waals surface area contributed by atoms with Crippen molar-refractivity contribution in [3.8, 4) is 5.75 Å². The Morgan fingerprint density at radius 2 is 1.96 bits per heavy atom. The maximum atomic E-state index is 12.9. The monoisotopic (exact) mass is 368 g/mol. The zero-order valence-electron chi connectivity index (χ0n) is 16.2. The fraction of sp³-hybridized carbons (Fsp3) is 0.500. The molecule has 2 aromatic rings. The van der Waals surface area contributed by atoms with E-state index in [1.165, 1.54) is 24.0 Å². The van der Waals surface area contributed by atoms with E-state index >= 15 is 0 Å². The first-order valence-electron chi connectivity index (χ1n) is 9.88. The van der Waals surface area contributed by atoms with Gasteiger partial charge < -0.3 is 14.1 Å². The van der Waals surface area contributed by atoms with Crippen LogP contribution in [0, 0.1) is 5.92 Å². The van der Waals surface area contributed by atoms with E-state index in [2.05, 4.69) is 24.0 Å². The van der Waals surface area contributed by atoms with Gasteiger partial charge in [0.25, 0.3) is 5.91 Å². The standard InChI is InChI=1S/C22H28N2O3/c1-16-7-10-23(11-8-16)15-20-5-6-21(27-20)22(25)24-12-9-17-13-19(26-2)4-3-18(17)14-24/h3-6,13,16H,7-12,14-15H2,1-2H3. The van der Waals surface area contributed by atoms with Gasteiger partial charge in [0.1, 0.15) is 11.5 Å². The van der Waals surface area contributed by atoms with Gasteiger partial charge in [-0.3, -0.25) is 9.69 Å². The van der Waals surface area contributed by atoms with Crippen molar-refractivity contribution in [3.05, 3.63) is 53.0 Å². The fourth-order valence-electron chi connectivity index (χ4n) is 4.00. The number of ether oxygens (including phenoxy) is 1. The Morgan fingerprint density at radius 3 is 2.74 bits per heavy atom. The summed E-state index contributed by atoms with van der Waals surface area (Å²) in [7, 11) is 1.68. The molecule has 1 saturated heterocycles. The minimum atomic E-state index is -0.0185. The van der Waals surface area contributed by atoms with Crippen LogP contribution in [0.2, 0.25) is 0 Å². The lowest BCUT2D eigenvalue weighted by Crippen LogP contribution is -2.35. The molecule has 0 aliphatic carbocycles. The number of carbonyl (C=O) groups is 1. The molecule has 144 valence electrons. The number of rotatable bonds is 4. The van der Waals surface area contributed by atoms with Gasteiger partial charge in [-0.05, 0) is 73.7 Å². The van der Waals surface area contributed by atoms with Crippen LogP contribution in [-0.4, -0.2) is 42.5 Å². The lowest BCUT2D eigenvalue weighted by Gasteiger charge is -2.29. The molecule has 5 heteroatoms. The third-order valence-electron chi connectivity index (χ3n) is 5.84. The van der Waals surface area contributed by atoms with E-state index in [1.54, 1.807) is 7.11 Å². The number of piperidine rings is 1. The largest absolute Gasteiger partial charge is 0.497 e. The van der Waals surface area contributed by atoms with E-state index in [4.69, 9.17) is 9.15 Å². The number of hydrogen-bond acceptors (Lipinski definition) is 4. The molecule has 0 N–H and O–H groups in total. The Kier molecular flexibility index (Phi) is 5.21. The van der Waals surface area contributed by atoms with Crippen LogP contribution in [0.3, 0.4) is 0 Å². The number of amides is 1. The molecule has 5 nitrogen and oxygen atoms in total. The Morgan fingerprint density at radius 1 is 1.15 bits per heavy atom. The Labute approximate surface area is 160 Å². The summed E-state index contributed by atoms with van der Waals surface area (Å²) in [6, 6.07) is 9.86. The van der Waals surface area contributed by atoms with Gasteiger partial charge >= 0.3 is 0 Å². The van der Waals surface area contributed by atoms with Crippen LogP contribution >= 0.6 is 0 Å². The summed E-state index contributed by atoms with van der Waals surface area (Å²) in [5.41, 5.74) is 2.45. The predicted octanol–water partition coefficient (Wildman–Crippen LogP) is 3.72. The number of methoxy groups -OCH3 is 1. The SMILES string of the molecule is COc1ccc2c(c1)CCN(C(=O)c1ccc(CN3CCC(C)CC3)o1)C2. The second kappa shape index (κ2) is 7.77. The van der Waals surface area contributed by atoms with Gasteiger partial charge in [0.2, 0.25) is 0 Å². The van der Waals surface area contributed by atoms with Crippen molar-refractivity contribution in [3.63, 3.8) is 0 Å². The average Bonchev–Trinajstić information content (AvgIpc) is 3.16. The maximum Gasteiger partial charge on any atom is 0.289 e. The van der Waals surface area contributed by atoms with Crippen molar-refractivity contribution in [1.29, 1.82) is 0 Å². The second-order valence-corrected chi connectivity index (χ2v) is 7.84. The molecule has 0 saturated carbocycles. The molecule has 1 aromatic carbocycles. The molecule has 2 aliphatic heterocycles. The highest BCUT2D eigenvalue weighted by Crippen LogP contribution is 2.25. The Balaban J connectivity index is 1.39. The van der Waals surface area contributed by atoms with Gasteiger partial charge in [-0.25, -0.2) is 0 Å². The number of carbonyl (C=O) groups excluding carboxylic acids is 1.